The lowest BCUT2D eigenvalue weighted by Gasteiger charge is -2.31. The van der Waals surface area contributed by atoms with E-state index in [2.05, 4.69) is 5.32 Å². The van der Waals surface area contributed by atoms with Crippen molar-refractivity contribution in [2.75, 3.05) is 20.1 Å². The number of hydrogen-bond donors (Lipinski definition) is 1. The molecular weight excluding hydrogens is 307 g/mol. The van der Waals surface area contributed by atoms with Gasteiger partial charge >= 0.3 is 0 Å². The van der Waals surface area contributed by atoms with Crippen LogP contribution in [0.1, 0.15) is 25.7 Å². The largest absolute Gasteiger partial charge is 0.359 e. The number of rotatable bonds is 5. The number of benzene rings is 1. The van der Waals surface area contributed by atoms with Crippen LogP contribution in [0.4, 0.5) is 4.39 Å². The number of hydrogen-bond acceptors (Lipinski definition) is 3. The Morgan fingerprint density at radius 3 is 2.68 bits per heavy atom. The van der Waals surface area contributed by atoms with Gasteiger partial charge in [-0.2, -0.15) is 4.31 Å². The van der Waals surface area contributed by atoms with Crippen LogP contribution in [0.5, 0.6) is 0 Å². The van der Waals surface area contributed by atoms with Crippen LogP contribution in [-0.2, 0) is 14.8 Å². The maximum Gasteiger partial charge on any atom is 0.243 e. The molecule has 0 saturated carbocycles. The number of amides is 1. The van der Waals surface area contributed by atoms with Crippen LogP contribution in [0.15, 0.2) is 29.2 Å². The molecule has 22 heavy (non-hydrogen) atoms. The summed E-state index contributed by atoms with van der Waals surface area (Å²) in [6, 6.07) is 4.89. The Hall–Kier alpha value is -1.47. The number of carbonyl (C=O) groups is 1. The van der Waals surface area contributed by atoms with Gasteiger partial charge in [-0.25, -0.2) is 12.8 Å². The average Bonchev–Trinajstić information content (AvgIpc) is 2.53. The molecular formula is C15H21FN2O3S. The lowest BCUT2D eigenvalue weighted by atomic mass is 9.94. The van der Waals surface area contributed by atoms with Crippen molar-refractivity contribution in [3.8, 4) is 0 Å². The Balaban J connectivity index is 2.04. The Morgan fingerprint density at radius 2 is 2.05 bits per heavy atom. The molecule has 1 fully saturated rings. The van der Waals surface area contributed by atoms with Crippen LogP contribution in [-0.4, -0.2) is 38.8 Å². The number of sulfonamides is 1. The zero-order chi connectivity index (χ0) is 16.2. The Labute approximate surface area is 130 Å². The fourth-order valence-electron chi connectivity index (χ4n) is 2.70. The van der Waals surface area contributed by atoms with Gasteiger partial charge in [-0.05, 0) is 49.4 Å². The number of carbonyl (C=O) groups excluding carboxylic acids is 1. The summed E-state index contributed by atoms with van der Waals surface area (Å²) in [6.07, 6.45) is 2.78. The maximum absolute atomic E-state index is 12.9. The zero-order valence-electron chi connectivity index (χ0n) is 12.6. The molecule has 5 nitrogen and oxygen atoms in total. The highest BCUT2D eigenvalue weighted by Gasteiger charge is 2.30. The van der Waals surface area contributed by atoms with Crippen molar-refractivity contribution in [1.29, 1.82) is 0 Å². The molecule has 1 unspecified atom stereocenters. The molecule has 0 spiro atoms. The van der Waals surface area contributed by atoms with Crippen molar-refractivity contribution >= 4 is 15.9 Å². The minimum Gasteiger partial charge on any atom is -0.359 e. The van der Waals surface area contributed by atoms with Crippen LogP contribution in [0.2, 0.25) is 0 Å². The fourth-order valence-corrected chi connectivity index (χ4v) is 4.25. The summed E-state index contributed by atoms with van der Waals surface area (Å²) < 4.78 is 39.5. The van der Waals surface area contributed by atoms with E-state index in [9.17, 15) is 17.6 Å². The summed E-state index contributed by atoms with van der Waals surface area (Å²) >= 11 is 0. The van der Waals surface area contributed by atoms with Gasteiger partial charge < -0.3 is 5.32 Å². The van der Waals surface area contributed by atoms with Gasteiger partial charge in [0.05, 0.1) is 4.90 Å². The normalized spacial score (nSPS) is 19.8. The minimum atomic E-state index is -3.59. The summed E-state index contributed by atoms with van der Waals surface area (Å²) in [7, 11) is -2.00. The fraction of sp³-hybridized carbons (Fsp3) is 0.533. The molecule has 7 heteroatoms. The van der Waals surface area contributed by atoms with E-state index in [-0.39, 0.29) is 16.7 Å². The SMILES string of the molecule is CNC(=O)CCC1CCCN(S(=O)(=O)c2ccc(F)cc2)C1. The topological polar surface area (TPSA) is 66.5 Å². The minimum absolute atomic E-state index is 0.0292. The lowest BCUT2D eigenvalue weighted by molar-refractivity contribution is -0.120. The van der Waals surface area contributed by atoms with Crippen LogP contribution >= 0.6 is 0 Å². The molecule has 1 amide bonds. The predicted molar refractivity (Wildman–Crippen MR) is 81.2 cm³/mol. The van der Waals surface area contributed by atoms with Crippen molar-refractivity contribution in [1.82, 2.24) is 9.62 Å². The third kappa shape index (κ3) is 4.04. The second-order valence-corrected chi connectivity index (χ2v) is 7.48. The first-order chi connectivity index (χ1) is 10.4. The van der Waals surface area contributed by atoms with Gasteiger partial charge in [0.2, 0.25) is 15.9 Å². The van der Waals surface area contributed by atoms with Crippen molar-refractivity contribution in [2.24, 2.45) is 5.92 Å². The van der Waals surface area contributed by atoms with E-state index in [4.69, 9.17) is 0 Å². The van der Waals surface area contributed by atoms with Gasteiger partial charge in [0.25, 0.3) is 0 Å². The summed E-state index contributed by atoms with van der Waals surface area (Å²) in [4.78, 5) is 11.4. The van der Waals surface area contributed by atoms with Crippen LogP contribution < -0.4 is 5.32 Å². The van der Waals surface area contributed by atoms with Gasteiger partial charge in [0.15, 0.2) is 0 Å². The van der Waals surface area contributed by atoms with Crippen LogP contribution in [0, 0.1) is 11.7 Å². The summed E-state index contributed by atoms with van der Waals surface area (Å²) in [6.45, 7) is 0.882. The maximum atomic E-state index is 12.9. The summed E-state index contributed by atoms with van der Waals surface area (Å²) in [5.74, 6) is -0.305. The molecule has 1 aromatic carbocycles. The molecule has 1 heterocycles. The van der Waals surface area contributed by atoms with E-state index in [1.165, 1.54) is 16.4 Å². The van der Waals surface area contributed by atoms with Crippen molar-refractivity contribution in [3.63, 3.8) is 0 Å². The highest BCUT2D eigenvalue weighted by atomic mass is 32.2. The van der Waals surface area contributed by atoms with Gasteiger partial charge in [-0.3, -0.25) is 4.79 Å². The molecule has 0 radical (unpaired) electrons. The standard InChI is InChI=1S/C15H21FN2O3S/c1-17-15(19)9-4-12-3-2-10-18(11-12)22(20,21)14-7-5-13(16)6-8-14/h5-8,12H,2-4,9-11H2,1H3,(H,17,19). The van der Waals surface area contributed by atoms with Gasteiger partial charge in [0.1, 0.15) is 5.82 Å². The molecule has 1 aliphatic heterocycles. The van der Waals surface area contributed by atoms with E-state index >= 15 is 0 Å². The number of piperidine rings is 1. The van der Waals surface area contributed by atoms with Crippen LogP contribution in [0.25, 0.3) is 0 Å². The van der Waals surface area contributed by atoms with Crippen molar-refractivity contribution in [2.45, 2.75) is 30.6 Å². The molecule has 1 aromatic rings. The molecule has 1 saturated heterocycles. The second-order valence-electron chi connectivity index (χ2n) is 5.54. The Bertz CT molecular complexity index is 616. The van der Waals surface area contributed by atoms with E-state index in [0.717, 1.165) is 25.0 Å². The molecule has 1 N–H and O–H groups in total. The molecule has 2 rings (SSSR count). The Morgan fingerprint density at radius 1 is 1.36 bits per heavy atom. The third-order valence-corrected chi connectivity index (χ3v) is 5.87. The number of halogens is 1. The zero-order valence-corrected chi connectivity index (χ0v) is 13.4. The number of nitrogens with zero attached hydrogens (tertiary/aromatic N) is 1. The lowest BCUT2D eigenvalue weighted by Crippen LogP contribution is -2.40. The monoisotopic (exact) mass is 328 g/mol. The van der Waals surface area contributed by atoms with E-state index < -0.39 is 15.8 Å². The first-order valence-electron chi connectivity index (χ1n) is 7.40. The molecule has 1 atom stereocenters. The molecule has 122 valence electrons. The summed E-state index contributed by atoms with van der Waals surface area (Å²) in [5, 5.41) is 2.57. The van der Waals surface area contributed by atoms with Crippen molar-refractivity contribution < 1.29 is 17.6 Å². The first-order valence-corrected chi connectivity index (χ1v) is 8.84. The van der Waals surface area contributed by atoms with E-state index in [0.29, 0.717) is 25.9 Å². The molecule has 1 aliphatic rings. The van der Waals surface area contributed by atoms with Gasteiger partial charge in [-0.1, -0.05) is 0 Å². The average molecular weight is 328 g/mol. The van der Waals surface area contributed by atoms with E-state index in [1.807, 2.05) is 0 Å². The smallest absolute Gasteiger partial charge is 0.243 e. The number of nitrogens with one attached hydrogen (secondary N) is 1. The highest BCUT2D eigenvalue weighted by Crippen LogP contribution is 2.26. The molecule has 0 aromatic heterocycles. The molecule has 0 aliphatic carbocycles. The second kappa shape index (κ2) is 7.19. The van der Waals surface area contributed by atoms with Gasteiger partial charge in [0, 0.05) is 26.6 Å². The predicted octanol–water partition coefficient (Wildman–Crippen LogP) is 1.75. The third-order valence-electron chi connectivity index (χ3n) is 3.99. The highest BCUT2D eigenvalue weighted by molar-refractivity contribution is 7.89. The first kappa shape index (κ1) is 16.9. The molecule has 0 bridgehead atoms. The summed E-state index contributed by atoms with van der Waals surface area (Å²) in [5.41, 5.74) is 0. The Kier molecular flexibility index (Phi) is 5.52. The van der Waals surface area contributed by atoms with Crippen LogP contribution in [0.3, 0.4) is 0 Å². The van der Waals surface area contributed by atoms with Crippen molar-refractivity contribution in [3.05, 3.63) is 30.1 Å². The van der Waals surface area contributed by atoms with E-state index in [1.54, 1.807) is 7.05 Å². The van der Waals surface area contributed by atoms with Gasteiger partial charge in [-0.15, -0.1) is 0 Å². The quantitative estimate of drug-likeness (QED) is 0.895.